The van der Waals surface area contributed by atoms with E-state index in [0.29, 0.717) is 37.0 Å². The van der Waals surface area contributed by atoms with E-state index in [1.807, 2.05) is 13.0 Å². The topological polar surface area (TPSA) is 85.2 Å². The molecule has 0 unspecified atom stereocenters. The predicted molar refractivity (Wildman–Crippen MR) is 106 cm³/mol. The number of guanidine groups is 1. The Balaban J connectivity index is 1.56. The quantitative estimate of drug-likeness (QED) is 0.577. The maximum atomic E-state index is 12.7. The van der Waals surface area contributed by atoms with Crippen LogP contribution in [0.25, 0.3) is 0 Å². The van der Waals surface area contributed by atoms with Gasteiger partial charge in [-0.1, -0.05) is 18.2 Å². The summed E-state index contributed by atoms with van der Waals surface area (Å²) in [5, 5.41) is 13.0. The number of hydrogen-bond acceptors (Lipinski definition) is 4. The zero-order chi connectivity index (χ0) is 19.3. The fraction of sp³-hybridized carbons (Fsp3) is 0.632. The van der Waals surface area contributed by atoms with Gasteiger partial charge >= 0.3 is 0 Å². The van der Waals surface area contributed by atoms with Gasteiger partial charge in [-0.15, -0.1) is 0 Å². The number of hydrogen-bond donors (Lipinski definition) is 2. The SMILES string of the molecule is CCNC(=NCC1CCN(S(=O)(=O)c2ccccc2)CC1)N1CC[C@@H](O)C1. The van der Waals surface area contributed by atoms with Crippen LogP contribution < -0.4 is 5.32 Å². The number of β-amino-alcohol motifs (C(OH)–C–C–N with tert-alkyl or cyclic N) is 1. The van der Waals surface area contributed by atoms with E-state index < -0.39 is 10.0 Å². The van der Waals surface area contributed by atoms with Crippen molar-refractivity contribution in [2.75, 3.05) is 39.3 Å². The molecule has 2 aliphatic heterocycles. The second-order valence-electron chi connectivity index (χ2n) is 7.24. The molecule has 27 heavy (non-hydrogen) atoms. The van der Waals surface area contributed by atoms with Crippen molar-refractivity contribution >= 4 is 16.0 Å². The molecular weight excluding hydrogens is 364 g/mol. The standard InChI is InChI=1S/C19H30N4O3S/c1-2-20-19(22-11-10-17(24)15-22)21-14-16-8-12-23(13-9-16)27(25,26)18-6-4-3-5-7-18/h3-7,16-17,24H,2,8-15H2,1H3,(H,20,21)/t17-/m1/s1. The average Bonchev–Trinajstić information content (AvgIpc) is 3.12. The summed E-state index contributed by atoms with van der Waals surface area (Å²) in [4.78, 5) is 7.22. The van der Waals surface area contributed by atoms with E-state index in [-0.39, 0.29) is 6.10 Å². The average molecular weight is 395 g/mol. The number of likely N-dealkylation sites (tertiary alicyclic amines) is 1. The molecule has 2 saturated heterocycles. The van der Waals surface area contributed by atoms with Crippen LogP contribution in [0.4, 0.5) is 0 Å². The summed E-state index contributed by atoms with van der Waals surface area (Å²) in [6.07, 6.45) is 2.13. The third-order valence-corrected chi connectivity index (χ3v) is 7.16. The molecule has 2 aliphatic rings. The van der Waals surface area contributed by atoms with Gasteiger partial charge in [0.1, 0.15) is 0 Å². The third-order valence-electron chi connectivity index (χ3n) is 5.25. The van der Waals surface area contributed by atoms with Gasteiger partial charge in [0, 0.05) is 39.3 Å². The van der Waals surface area contributed by atoms with E-state index in [4.69, 9.17) is 4.99 Å². The molecule has 3 rings (SSSR count). The van der Waals surface area contributed by atoms with E-state index >= 15 is 0 Å². The molecule has 150 valence electrons. The molecule has 7 nitrogen and oxygen atoms in total. The van der Waals surface area contributed by atoms with Gasteiger partial charge in [0.05, 0.1) is 11.0 Å². The lowest BCUT2D eigenvalue weighted by Crippen LogP contribution is -2.42. The van der Waals surface area contributed by atoms with Gasteiger partial charge in [0.15, 0.2) is 5.96 Å². The molecule has 0 bridgehead atoms. The monoisotopic (exact) mass is 394 g/mol. The van der Waals surface area contributed by atoms with E-state index in [9.17, 15) is 13.5 Å². The van der Waals surface area contributed by atoms with Crippen molar-refractivity contribution in [1.82, 2.24) is 14.5 Å². The highest BCUT2D eigenvalue weighted by Gasteiger charge is 2.29. The minimum Gasteiger partial charge on any atom is -0.391 e. The summed E-state index contributed by atoms with van der Waals surface area (Å²) in [7, 11) is -3.40. The molecule has 2 fully saturated rings. The molecule has 0 radical (unpaired) electrons. The van der Waals surface area contributed by atoms with Gasteiger partial charge in [0.2, 0.25) is 10.0 Å². The highest BCUT2D eigenvalue weighted by Crippen LogP contribution is 2.24. The predicted octanol–water partition coefficient (Wildman–Crippen LogP) is 1.12. The van der Waals surface area contributed by atoms with Gasteiger partial charge in [-0.25, -0.2) is 8.42 Å². The lowest BCUT2D eigenvalue weighted by atomic mass is 9.98. The van der Waals surface area contributed by atoms with Crippen molar-refractivity contribution in [3.05, 3.63) is 30.3 Å². The first-order valence-electron chi connectivity index (χ1n) is 9.77. The van der Waals surface area contributed by atoms with Crippen molar-refractivity contribution in [2.24, 2.45) is 10.9 Å². The highest BCUT2D eigenvalue weighted by molar-refractivity contribution is 7.89. The minimum absolute atomic E-state index is 0.278. The molecule has 0 aromatic heterocycles. The molecule has 0 amide bonds. The lowest BCUT2D eigenvalue weighted by Gasteiger charge is -2.31. The van der Waals surface area contributed by atoms with Gasteiger partial charge < -0.3 is 15.3 Å². The summed E-state index contributed by atoms with van der Waals surface area (Å²) in [6.45, 7) is 6.04. The zero-order valence-electron chi connectivity index (χ0n) is 15.9. The zero-order valence-corrected chi connectivity index (χ0v) is 16.7. The Labute approximate surface area is 162 Å². The van der Waals surface area contributed by atoms with Crippen molar-refractivity contribution in [3.8, 4) is 0 Å². The Kier molecular flexibility index (Phi) is 6.73. The fourth-order valence-corrected chi connectivity index (χ4v) is 5.14. The maximum absolute atomic E-state index is 12.7. The van der Waals surface area contributed by atoms with E-state index in [0.717, 1.165) is 38.3 Å². The molecule has 0 saturated carbocycles. The normalized spacial score (nSPS) is 23.0. The first-order chi connectivity index (χ1) is 13.0. The highest BCUT2D eigenvalue weighted by atomic mass is 32.2. The number of aliphatic hydroxyl groups is 1. The fourth-order valence-electron chi connectivity index (χ4n) is 3.65. The smallest absolute Gasteiger partial charge is 0.243 e. The van der Waals surface area contributed by atoms with Gasteiger partial charge in [0.25, 0.3) is 0 Å². The van der Waals surface area contributed by atoms with Gasteiger partial charge in [-0.2, -0.15) is 4.31 Å². The van der Waals surface area contributed by atoms with Crippen molar-refractivity contribution in [1.29, 1.82) is 0 Å². The molecule has 8 heteroatoms. The molecular formula is C19H30N4O3S. The number of sulfonamides is 1. The summed E-state index contributed by atoms with van der Waals surface area (Å²) < 4.78 is 27.0. The molecule has 0 aliphatic carbocycles. The Morgan fingerprint density at radius 1 is 1.19 bits per heavy atom. The number of aliphatic hydroxyl groups excluding tert-OH is 1. The van der Waals surface area contributed by atoms with E-state index in [1.54, 1.807) is 28.6 Å². The van der Waals surface area contributed by atoms with Crippen molar-refractivity contribution in [2.45, 2.75) is 37.2 Å². The Morgan fingerprint density at radius 2 is 1.89 bits per heavy atom. The number of rotatable bonds is 5. The Morgan fingerprint density at radius 3 is 2.48 bits per heavy atom. The van der Waals surface area contributed by atoms with Crippen molar-refractivity contribution in [3.63, 3.8) is 0 Å². The molecule has 2 heterocycles. The van der Waals surface area contributed by atoms with Crippen LogP contribution in [0.2, 0.25) is 0 Å². The van der Waals surface area contributed by atoms with Crippen LogP contribution in [0.1, 0.15) is 26.2 Å². The summed E-state index contributed by atoms with van der Waals surface area (Å²) in [5.41, 5.74) is 0. The number of benzene rings is 1. The summed E-state index contributed by atoms with van der Waals surface area (Å²) >= 11 is 0. The van der Waals surface area contributed by atoms with Crippen LogP contribution in [0.15, 0.2) is 40.2 Å². The minimum atomic E-state index is -3.40. The lowest BCUT2D eigenvalue weighted by molar-refractivity contribution is 0.187. The van der Waals surface area contributed by atoms with Crippen LogP contribution in [0.3, 0.4) is 0 Å². The number of nitrogens with one attached hydrogen (secondary N) is 1. The van der Waals surface area contributed by atoms with Crippen LogP contribution >= 0.6 is 0 Å². The third kappa shape index (κ3) is 5.00. The Bertz CT molecular complexity index is 731. The first kappa shape index (κ1) is 20.1. The second kappa shape index (κ2) is 9.03. The summed E-state index contributed by atoms with van der Waals surface area (Å²) in [5.74, 6) is 1.24. The first-order valence-corrected chi connectivity index (χ1v) is 11.2. The molecule has 2 N–H and O–H groups in total. The summed E-state index contributed by atoms with van der Waals surface area (Å²) in [6, 6.07) is 8.64. The van der Waals surface area contributed by atoms with Crippen molar-refractivity contribution < 1.29 is 13.5 Å². The van der Waals surface area contributed by atoms with E-state index in [1.165, 1.54) is 0 Å². The number of aliphatic imine (C=N–C) groups is 1. The molecule has 0 spiro atoms. The van der Waals surface area contributed by atoms with Crippen LogP contribution in [-0.2, 0) is 10.0 Å². The van der Waals surface area contributed by atoms with Crippen LogP contribution in [0.5, 0.6) is 0 Å². The molecule has 1 atom stereocenters. The molecule has 1 aromatic carbocycles. The molecule has 1 aromatic rings. The van der Waals surface area contributed by atoms with Crippen LogP contribution in [-0.4, -0.2) is 74.1 Å². The second-order valence-corrected chi connectivity index (χ2v) is 9.18. The number of nitrogens with zero attached hydrogens (tertiary/aromatic N) is 3. The van der Waals surface area contributed by atoms with Crippen LogP contribution in [0, 0.1) is 5.92 Å². The van der Waals surface area contributed by atoms with Gasteiger partial charge in [-0.3, -0.25) is 4.99 Å². The van der Waals surface area contributed by atoms with Gasteiger partial charge in [-0.05, 0) is 44.2 Å². The maximum Gasteiger partial charge on any atom is 0.243 e. The largest absolute Gasteiger partial charge is 0.391 e. The van der Waals surface area contributed by atoms with E-state index in [2.05, 4.69) is 10.2 Å². The number of piperidine rings is 1. The Hall–Kier alpha value is -1.64.